The van der Waals surface area contributed by atoms with Gasteiger partial charge in [-0.15, -0.1) is 0 Å². The third-order valence-corrected chi connectivity index (χ3v) is 1.81. The Labute approximate surface area is 90.8 Å². The first-order valence-electron chi connectivity index (χ1n) is 4.82. The molecular formula is C13H15NO. The predicted molar refractivity (Wildman–Crippen MR) is 61.6 cm³/mol. The molecule has 1 aromatic rings. The van der Waals surface area contributed by atoms with Crippen LogP contribution in [0.5, 0.6) is 5.75 Å². The lowest BCUT2D eigenvalue weighted by molar-refractivity contribution is 0.130. The molecular weight excluding hydrogens is 186 g/mol. The van der Waals surface area contributed by atoms with Crippen molar-refractivity contribution < 1.29 is 4.74 Å². The second-order valence-electron chi connectivity index (χ2n) is 4.25. The smallest absolute Gasteiger partial charge is 0.138 e. The number of nitrogens with zero attached hydrogens (tertiary/aromatic N) is 1. The predicted octanol–water partition coefficient (Wildman–Crippen LogP) is 3.38. The highest BCUT2D eigenvalue weighted by Crippen LogP contribution is 2.25. The molecule has 0 aromatic heterocycles. The van der Waals surface area contributed by atoms with Crippen LogP contribution >= 0.6 is 0 Å². The van der Waals surface area contributed by atoms with E-state index in [1.165, 1.54) is 0 Å². The molecule has 1 aromatic carbocycles. The molecule has 0 fully saturated rings. The molecule has 0 radical (unpaired) electrons. The quantitative estimate of drug-likeness (QED) is 0.734. The van der Waals surface area contributed by atoms with Gasteiger partial charge in [-0.1, -0.05) is 24.8 Å². The van der Waals surface area contributed by atoms with Gasteiger partial charge in [-0.05, 0) is 32.4 Å². The van der Waals surface area contributed by atoms with Crippen molar-refractivity contribution in [1.82, 2.24) is 0 Å². The van der Waals surface area contributed by atoms with Gasteiger partial charge in [0.1, 0.15) is 23.0 Å². The van der Waals surface area contributed by atoms with Crippen molar-refractivity contribution in [2.75, 3.05) is 0 Å². The Morgan fingerprint density at radius 1 is 1.40 bits per heavy atom. The summed E-state index contributed by atoms with van der Waals surface area (Å²) in [7, 11) is 0. The van der Waals surface area contributed by atoms with Crippen LogP contribution in [0.4, 0.5) is 0 Å². The number of hydrogen-bond donors (Lipinski definition) is 0. The molecule has 0 N–H and O–H groups in total. The lowest BCUT2D eigenvalue weighted by Gasteiger charge is -2.22. The number of rotatable bonds is 2. The minimum Gasteiger partial charge on any atom is -0.487 e. The maximum Gasteiger partial charge on any atom is 0.138 e. The van der Waals surface area contributed by atoms with Gasteiger partial charge in [0.05, 0.1) is 0 Å². The monoisotopic (exact) mass is 201 g/mol. The summed E-state index contributed by atoms with van der Waals surface area (Å²) in [6, 6.07) is 7.65. The highest BCUT2D eigenvalue weighted by molar-refractivity contribution is 5.61. The summed E-state index contributed by atoms with van der Waals surface area (Å²) in [5, 5.41) is 9.05. The zero-order chi connectivity index (χ0) is 11.5. The van der Waals surface area contributed by atoms with Crippen LogP contribution in [0.15, 0.2) is 24.8 Å². The maximum absolute atomic E-state index is 9.05. The van der Waals surface area contributed by atoms with E-state index in [4.69, 9.17) is 10.00 Å². The highest BCUT2D eigenvalue weighted by Gasteiger charge is 2.15. The molecule has 0 aliphatic carbocycles. The fourth-order valence-electron chi connectivity index (χ4n) is 1.25. The molecule has 0 heterocycles. The van der Waals surface area contributed by atoms with Gasteiger partial charge in [-0.2, -0.15) is 5.26 Å². The van der Waals surface area contributed by atoms with Gasteiger partial charge in [0.2, 0.25) is 0 Å². The van der Waals surface area contributed by atoms with E-state index in [1.807, 2.05) is 32.9 Å². The van der Waals surface area contributed by atoms with E-state index >= 15 is 0 Å². The van der Waals surface area contributed by atoms with Crippen molar-refractivity contribution in [1.29, 1.82) is 5.26 Å². The fraction of sp³-hybridized carbons (Fsp3) is 0.308. The summed E-state index contributed by atoms with van der Waals surface area (Å²) in [6.45, 7) is 9.53. The van der Waals surface area contributed by atoms with Crippen LogP contribution in [0, 0.1) is 11.3 Å². The van der Waals surface area contributed by atoms with Gasteiger partial charge < -0.3 is 4.74 Å². The van der Waals surface area contributed by atoms with Crippen LogP contribution in [0.2, 0.25) is 0 Å². The average Bonchev–Trinajstić information content (AvgIpc) is 2.15. The Balaban J connectivity index is 3.19. The van der Waals surface area contributed by atoms with Crippen molar-refractivity contribution in [3.63, 3.8) is 0 Å². The van der Waals surface area contributed by atoms with E-state index in [0.29, 0.717) is 11.3 Å². The van der Waals surface area contributed by atoms with Crippen LogP contribution in [-0.4, -0.2) is 5.60 Å². The van der Waals surface area contributed by atoms with Crippen molar-refractivity contribution in [3.8, 4) is 11.8 Å². The molecule has 0 saturated carbocycles. The third kappa shape index (κ3) is 2.85. The number of ether oxygens (including phenoxy) is 1. The number of benzene rings is 1. The second kappa shape index (κ2) is 4.18. The van der Waals surface area contributed by atoms with Crippen LogP contribution in [-0.2, 0) is 0 Å². The summed E-state index contributed by atoms with van der Waals surface area (Å²) < 4.78 is 5.70. The zero-order valence-corrected chi connectivity index (χ0v) is 9.37. The number of nitriles is 1. The first kappa shape index (κ1) is 11.3. The first-order valence-corrected chi connectivity index (χ1v) is 4.82. The minimum atomic E-state index is -0.300. The molecule has 15 heavy (non-hydrogen) atoms. The topological polar surface area (TPSA) is 33.0 Å². The third-order valence-electron chi connectivity index (χ3n) is 1.81. The summed E-state index contributed by atoms with van der Waals surface area (Å²) in [4.78, 5) is 0. The summed E-state index contributed by atoms with van der Waals surface area (Å²) in [6.07, 6.45) is 1.66. The van der Waals surface area contributed by atoms with Crippen LogP contribution < -0.4 is 4.74 Å². The Morgan fingerprint density at radius 3 is 2.53 bits per heavy atom. The summed E-state index contributed by atoms with van der Waals surface area (Å²) in [5.74, 6) is 0.613. The van der Waals surface area contributed by atoms with Gasteiger partial charge in [-0.25, -0.2) is 0 Å². The Morgan fingerprint density at radius 2 is 2.07 bits per heavy atom. The minimum absolute atomic E-state index is 0.300. The van der Waals surface area contributed by atoms with Crippen molar-refractivity contribution in [2.45, 2.75) is 26.4 Å². The van der Waals surface area contributed by atoms with Gasteiger partial charge in [-0.3, -0.25) is 0 Å². The lowest BCUT2D eigenvalue weighted by Crippen LogP contribution is -2.23. The molecule has 0 bridgehead atoms. The van der Waals surface area contributed by atoms with Crippen LogP contribution in [0.3, 0.4) is 0 Å². The zero-order valence-electron chi connectivity index (χ0n) is 9.37. The Hall–Kier alpha value is -1.75. The van der Waals surface area contributed by atoms with E-state index in [-0.39, 0.29) is 5.60 Å². The van der Waals surface area contributed by atoms with Crippen molar-refractivity contribution >= 4 is 6.08 Å². The summed E-state index contributed by atoms with van der Waals surface area (Å²) in [5.41, 5.74) is 1.05. The van der Waals surface area contributed by atoms with Gasteiger partial charge in [0.15, 0.2) is 0 Å². The molecule has 0 atom stereocenters. The van der Waals surface area contributed by atoms with E-state index in [0.717, 1.165) is 5.56 Å². The Bertz CT molecular complexity index is 408. The molecule has 0 saturated heterocycles. The molecule has 0 spiro atoms. The average molecular weight is 201 g/mol. The molecule has 0 aliphatic rings. The molecule has 1 rings (SSSR count). The van der Waals surface area contributed by atoms with Gasteiger partial charge in [0, 0.05) is 0 Å². The summed E-state index contributed by atoms with van der Waals surface area (Å²) >= 11 is 0. The van der Waals surface area contributed by atoms with E-state index in [1.54, 1.807) is 12.1 Å². The van der Waals surface area contributed by atoms with Crippen LogP contribution in [0.1, 0.15) is 31.9 Å². The molecule has 0 amide bonds. The van der Waals surface area contributed by atoms with E-state index in [2.05, 4.69) is 12.6 Å². The van der Waals surface area contributed by atoms with Crippen LogP contribution in [0.25, 0.3) is 6.08 Å². The first-order chi connectivity index (χ1) is 6.98. The Kier molecular flexibility index (Phi) is 3.16. The van der Waals surface area contributed by atoms with E-state index < -0.39 is 0 Å². The maximum atomic E-state index is 9.05. The van der Waals surface area contributed by atoms with Gasteiger partial charge >= 0.3 is 0 Å². The van der Waals surface area contributed by atoms with Gasteiger partial charge in [0.25, 0.3) is 0 Å². The number of hydrogen-bond acceptors (Lipinski definition) is 2. The highest BCUT2D eigenvalue weighted by atomic mass is 16.5. The standard InChI is InChI=1S/C13H15NO/c1-5-10-7-6-8-12(11(10)9-14)15-13(2,3)4/h5-8H,1H2,2-4H3. The molecule has 2 heteroatoms. The molecule has 0 unspecified atom stereocenters. The van der Waals surface area contributed by atoms with E-state index in [9.17, 15) is 0 Å². The fourth-order valence-corrected chi connectivity index (χ4v) is 1.25. The molecule has 0 aliphatic heterocycles. The lowest BCUT2D eigenvalue weighted by atomic mass is 10.1. The molecule has 2 nitrogen and oxygen atoms in total. The SMILES string of the molecule is C=Cc1cccc(OC(C)(C)C)c1C#N. The largest absolute Gasteiger partial charge is 0.487 e. The second-order valence-corrected chi connectivity index (χ2v) is 4.25. The van der Waals surface area contributed by atoms with Crippen molar-refractivity contribution in [2.24, 2.45) is 0 Å². The molecule has 78 valence electrons. The normalized spacial score (nSPS) is 10.5. The van der Waals surface area contributed by atoms with Crippen molar-refractivity contribution in [3.05, 3.63) is 35.9 Å².